The third-order valence-corrected chi connectivity index (χ3v) is 4.09. The minimum absolute atomic E-state index is 0.142. The van der Waals surface area contributed by atoms with E-state index in [-0.39, 0.29) is 30.7 Å². The zero-order valence-corrected chi connectivity index (χ0v) is 16.3. The van der Waals surface area contributed by atoms with Gasteiger partial charge in [0.15, 0.2) is 0 Å². The van der Waals surface area contributed by atoms with Gasteiger partial charge in [-0.1, -0.05) is 12.1 Å². The average Bonchev–Trinajstić information content (AvgIpc) is 2.67. The average molecular weight is 383 g/mol. The third-order valence-electron chi connectivity index (χ3n) is 4.09. The molecule has 2 aromatic carbocycles. The Morgan fingerprint density at radius 2 is 1.61 bits per heavy atom. The van der Waals surface area contributed by atoms with E-state index in [1.54, 1.807) is 31.4 Å². The van der Waals surface area contributed by atoms with Crippen molar-refractivity contribution in [3.8, 4) is 5.75 Å². The highest BCUT2D eigenvalue weighted by Crippen LogP contribution is 2.18. The number of amides is 3. The molecule has 0 aromatic heterocycles. The first-order valence-electron chi connectivity index (χ1n) is 8.94. The van der Waals surface area contributed by atoms with E-state index in [1.165, 1.54) is 18.7 Å². The van der Waals surface area contributed by atoms with Crippen LogP contribution in [0.5, 0.6) is 5.75 Å². The number of hydrogen-bond acceptors (Lipinski definition) is 4. The molecule has 148 valence electrons. The van der Waals surface area contributed by atoms with Gasteiger partial charge in [0, 0.05) is 44.7 Å². The number of benzene rings is 2. The van der Waals surface area contributed by atoms with Crippen LogP contribution in [0.25, 0.3) is 0 Å². The number of methoxy groups -OCH3 is 1. The number of nitrogens with one attached hydrogen (secondary N) is 2. The second-order valence-corrected chi connectivity index (χ2v) is 6.27. The summed E-state index contributed by atoms with van der Waals surface area (Å²) in [4.78, 5) is 36.7. The fraction of sp³-hybridized carbons (Fsp3) is 0.286. The van der Waals surface area contributed by atoms with E-state index >= 15 is 0 Å². The molecule has 7 heteroatoms. The van der Waals surface area contributed by atoms with E-state index in [4.69, 9.17) is 4.74 Å². The summed E-state index contributed by atoms with van der Waals surface area (Å²) in [6, 6.07) is 14.4. The molecule has 2 rings (SSSR count). The smallest absolute Gasteiger partial charge is 0.223 e. The van der Waals surface area contributed by atoms with Crippen LogP contribution < -0.4 is 20.3 Å². The fourth-order valence-electron chi connectivity index (χ4n) is 2.64. The van der Waals surface area contributed by atoms with E-state index in [0.29, 0.717) is 17.9 Å². The lowest BCUT2D eigenvalue weighted by molar-refractivity contribution is -0.121. The lowest BCUT2D eigenvalue weighted by Gasteiger charge is -2.21. The number of ether oxygens (including phenoxy) is 1. The summed E-state index contributed by atoms with van der Waals surface area (Å²) in [5.41, 5.74) is 2.28. The molecular formula is C21H25N3O4. The predicted molar refractivity (Wildman–Crippen MR) is 108 cm³/mol. The van der Waals surface area contributed by atoms with Crippen molar-refractivity contribution in [3.05, 3.63) is 54.1 Å². The molecular weight excluding hydrogens is 358 g/mol. The first kappa shape index (κ1) is 21.0. The summed E-state index contributed by atoms with van der Waals surface area (Å²) in [6.45, 7) is 3.56. The Balaban J connectivity index is 1.88. The van der Waals surface area contributed by atoms with Gasteiger partial charge in [0.1, 0.15) is 5.75 Å². The van der Waals surface area contributed by atoms with E-state index < -0.39 is 0 Å². The molecule has 2 N–H and O–H groups in total. The maximum absolute atomic E-state index is 12.2. The van der Waals surface area contributed by atoms with Gasteiger partial charge in [0.25, 0.3) is 0 Å². The number of carbonyl (C=O) groups is 3. The Bertz CT molecular complexity index is 817. The van der Waals surface area contributed by atoms with Crippen molar-refractivity contribution in [2.24, 2.45) is 0 Å². The Morgan fingerprint density at radius 1 is 0.964 bits per heavy atom. The number of nitrogens with zero attached hydrogens (tertiary/aromatic N) is 1. The van der Waals surface area contributed by atoms with Crippen molar-refractivity contribution < 1.29 is 19.1 Å². The van der Waals surface area contributed by atoms with Crippen molar-refractivity contribution in [2.45, 2.75) is 26.8 Å². The molecule has 0 fully saturated rings. The maximum atomic E-state index is 12.2. The summed E-state index contributed by atoms with van der Waals surface area (Å²) in [5.74, 6) is 0.300. The Hall–Kier alpha value is -3.35. The minimum atomic E-state index is -0.162. The van der Waals surface area contributed by atoms with Crippen molar-refractivity contribution in [1.82, 2.24) is 5.32 Å². The number of anilines is 2. The fourth-order valence-corrected chi connectivity index (χ4v) is 2.64. The molecule has 0 saturated heterocycles. The molecule has 0 heterocycles. The number of rotatable bonds is 8. The summed E-state index contributed by atoms with van der Waals surface area (Å²) in [6.07, 6.45) is 0.184. The molecule has 7 nitrogen and oxygen atoms in total. The van der Waals surface area contributed by atoms with Gasteiger partial charge in [-0.3, -0.25) is 14.4 Å². The van der Waals surface area contributed by atoms with Crippen LogP contribution in [0.3, 0.4) is 0 Å². The third kappa shape index (κ3) is 6.42. The monoisotopic (exact) mass is 383 g/mol. The van der Waals surface area contributed by atoms with Gasteiger partial charge in [-0.15, -0.1) is 0 Å². The van der Waals surface area contributed by atoms with Crippen LogP contribution in [0.2, 0.25) is 0 Å². The molecule has 0 saturated carbocycles. The maximum Gasteiger partial charge on any atom is 0.223 e. The van der Waals surface area contributed by atoms with Crippen LogP contribution in [0.4, 0.5) is 11.4 Å². The van der Waals surface area contributed by atoms with E-state index in [1.807, 2.05) is 24.3 Å². The van der Waals surface area contributed by atoms with E-state index in [0.717, 1.165) is 11.3 Å². The summed E-state index contributed by atoms with van der Waals surface area (Å²) < 4.78 is 5.10. The zero-order valence-electron chi connectivity index (χ0n) is 16.3. The lowest BCUT2D eigenvalue weighted by atomic mass is 10.2. The lowest BCUT2D eigenvalue weighted by Crippen LogP contribution is -2.33. The van der Waals surface area contributed by atoms with Crippen LogP contribution in [-0.2, 0) is 20.9 Å². The highest BCUT2D eigenvalue weighted by molar-refractivity contribution is 5.93. The number of carbonyl (C=O) groups excluding carboxylic acids is 3. The molecule has 2 aromatic rings. The SMILES string of the molecule is COc1ccc(CNC(=O)CCN(C(C)=O)c2ccc(NC(C)=O)cc2)cc1. The Morgan fingerprint density at radius 3 is 2.14 bits per heavy atom. The highest BCUT2D eigenvalue weighted by Gasteiger charge is 2.13. The normalized spacial score (nSPS) is 10.1. The topological polar surface area (TPSA) is 87.7 Å². The Kier molecular flexibility index (Phi) is 7.56. The van der Waals surface area contributed by atoms with Gasteiger partial charge in [-0.05, 0) is 42.0 Å². The zero-order chi connectivity index (χ0) is 20.5. The Labute approximate surface area is 164 Å². The summed E-state index contributed by atoms with van der Waals surface area (Å²) in [5, 5.41) is 5.52. The molecule has 3 amide bonds. The van der Waals surface area contributed by atoms with Gasteiger partial charge in [0.05, 0.1) is 7.11 Å². The van der Waals surface area contributed by atoms with Crippen molar-refractivity contribution in [3.63, 3.8) is 0 Å². The number of hydrogen-bond donors (Lipinski definition) is 2. The second kappa shape index (κ2) is 10.1. The molecule has 28 heavy (non-hydrogen) atoms. The quantitative estimate of drug-likeness (QED) is 0.734. The van der Waals surface area contributed by atoms with Gasteiger partial charge in [-0.2, -0.15) is 0 Å². The van der Waals surface area contributed by atoms with Crippen molar-refractivity contribution in [2.75, 3.05) is 23.9 Å². The standard InChI is InChI=1S/C21H25N3O4/c1-15(25)23-18-6-8-19(9-7-18)24(16(2)26)13-12-21(27)22-14-17-4-10-20(28-3)11-5-17/h4-11H,12-14H2,1-3H3,(H,22,27)(H,23,25). The second-order valence-electron chi connectivity index (χ2n) is 6.27. The molecule has 0 atom stereocenters. The minimum Gasteiger partial charge on any atom is -0.497 e. The van der Waals surface area contributed by atoms with Gasteiger partial charge in [-0.25, -0.2) is 0 Å². The van der Waals surface area contributed by atoms with Crippen molar-refractivity contribution >= 4 is 29.1 Å². The van der Waals surface area contributed by atoms with Gasteiger partial charge >= 0.3 is 0 Å². The molecule has 0 spiro atoms. The molecule has 0 unspecified atom stereocenters. The summed E-state index contributed by atoms with van der Waals surface area (Å²) in [7, 11) is 1.60. The van der Waals surface area contributed by atoms with Crippen LogP contribution in [0.1, 0.15) is 25.8 Å². The molecule has 0 aliphatic rings. The van der Waals surface area contributed by atoms with E-state index in [9.17, 15) is 14.4 Å². The van der Waals surface area contributed by atoms with Crippen LogP contribution in [0, 0.1) is 0 Å². The van der Waals surface area contributed by atoms with Crippen LogP contribution in [0.15, 0.2) is 48.5 Å². The first-order valence-corrected chi connectivity index (χ1v) is 8.94. The van der Waals surface area contributed by atoms with Crippen LogP contribution in [-0.4, -0.2) is 31.4 Å². The van der Waals surface area contributed by atoms with Crippen LogP contribution >= 0.6 is 0 Å². The van der Waals surface area contributed by atoms with E-state index in [2.05, 4.69) is 10.6 Å². The molecule has 0 aliphatic carbocycles. The molecule has 0 radical (unpaired) electrons. The molecule has 0 bridgehead atoms. The van der Waals surface area contributed by atoms with Crippen molar-refractivity contribution in [1.29, 1.82) is 0 Å². The largest absolute Gasteiger partial charge is 0.497 e. The summed E-state index contributed by atoms with van der Waals surface area (Å²) >= 11 is 0. The highest BCUT2D eigenvalue weighted by atomic mass is 16.5. The predicted octanol–water partition coefficient (Wildman–Crippen LogP) is 2.71. The molecule has 0 aliphatic heterocycles. The van der Waals surface area contributed by atoms with Gasteiger partial charge < -0.3 is 20.3 Å². The first-order chi connectivity index (χ1) is 13.4. The van der Waals surface area contributed by atoms with Gasteiger partial charge in [0.2, 0.25) is 17.7 Å².